The van der Waals surface area contributed by atoms with Gasteiger partial charge >= 0.3 is 0 Å². The first-order chi connectivity index (χ1) is 10.4. The van der Waals surface area contributed by atoms with Crippen molar-refractivity contribution in [1.29, 1.82) is 0 Å². The molecule has 0 bridgehead atoms. The Balaban J connectivity index is 1.33. The Labute approximate surface area is 130 Å². The van der Waals surface area contributed by atoms with Gasteiger partial charge in [0.1, 0.15) is 5.75 Å². The van der Waals surface area contributed by atoms with Gasteiger partial charge in [0.25, 0.3) is 0 Å². The van der Waals surface area contributed by atoms with E-state index in [-0.39, 0.29) is 0 Å². The van der Waals surface area contributed by atoms with Gasteiger partial charge in [-0.25, -0.2) is 4.98 Å². The maximum Gasteiger partial charge on any atom is 0.185 e. The average Bonchev–Trinajstić information content (AvgIpc) is 3.08. The third kappa shape index (κ3) is 4.19. The van der Waals surface area contributed by atoms with Gasteiger partial charge in [0.05, 0.1) is 6.61 Å². The topological polar surface area (TPSA) is 28.6 Å². The van der Waals surface area contributed by atoms with Crippen molar-refractivity contribution in [3.8, 4) is 5.75 Å². The van der Waals surface area contributed by atoms with E-state index in [0.29, 0.717) is 0 Å². The third-order valence-electron chi connectivity index (χ3n) is 3.69. The second-order valence-corrected chi connectivity index (χ2v) is 6.03. The fraction of sp³-hybridized carbons (Fsp3) is 0.438. The summed E-state index contributed by atoms with van der Waals surface area (Å²) in [5.74, 6) is 0.964. The minimum atomic E-state index is 0.788. The summed E-state index contributed by atoms with van der Waals surface area (Å²) in [5.41, 5.74) is 0. The van der Waals surface area contributed by atoms with Crippen molar-refractivity contribution in [3.05, 3.63) is 41.9 Å². The lowest BCUT2D eigenvalue weighted by Crippen LogP contribution is -2.46. The number of thiazole rings is 1. The molecule has 1 saturated heterocycles. The van der Waals surface area contributed by atoms with E-state index in [4.69, 9.17) is 4.74 Å². The maximum atomic E-state index is 5.73. The Bertz CT molecular complexity index is 510. The standard InChI is InChI=1S/C16H21N3OS/c1-2-5-15(6-3-1)20-13-4-8-18-9-11-19(12-10-18)16-17-7-14-21-16/h1-3,5-7,14H,4,8-13H2. The van der Waals surface area contributed by atoms with E-state index in [1.165, 1.54) is 0 Å². The molecule has 2 aromatic rings. The van der Waals surface area contributed by atoms with Gasteiger partial charge in [0.15, 0.2) is 5.13 Å². The predicted octanol–water partition coefficient (Wildman–Crippen LogP) is 2.73. The third-order valence-corrected chi connectivity index (χ3v) is 4.52. The summed E-state index contributed by atoms with van der Waals surface area (Å²) in [7, 11) is 0. The first-order valence-corrected chi connectivity index (χ1v) is 8.34. The van der Waals surface area contributed by atoms with Crippen molar-refractivity contribution >= 4 is 16.5 Å². The van der Waals surface area contributed by atoms with Crippen molar-refractivity contribution in [2.24, 2.45) is 0 Å². The summed E-state index contributed by atoms with van der Waals surface area (Å²) >= 11 is 1.73. The summed E-state index contributed by atoms with van der Waals surface area (Å²) in [5, 5.41) is 3.20. The quantitative estimate of drug-likeness (QED) is 0.767. The summed E-state index contributed by atoms with van der Waals surface area (Å²) in [6, 6.07) is 10.0. The van der Waals surface area contributed by atoms with Crippen LogP contribution in [0.2, 0.25) is 0 Å². The molecule has 0 saturated carbocycles. The van der Waals surface area contributed by atoms with E-state index in [1.54, 1.807) is 11.3 Å². The molecule has 1 aliphatic rings. The van der Waals surface area contributed by atoms with Crippen molar-refractivity contribution < 1.29 is 4.74 Å². The molecule has 0 radical (unpaired) electrons. The number of nitrogens with zero attached hydrogens (tertiary/aromatic N) is 3. The van der Waals surface area contributed by atoms with Crippen LogP contribution in [0.5, 0.6) is 5.75 Å². The van der Waals surface area contributed by atoms with E-state index < -0.39 is 0 Å². The highest BCUT2D eigenvalue weighted by molar-refractivity contribution is 7.13. The van der Waals surface area contributed by atoms with Crippen LogP contribution in [0.25, 0.3) is 0 Å². The van der Waals surface area contributed by atoms with Crippen LogP contribution in [-0.2, 0) is 0 Å². The number of benzene rings is 1. The Hall–Kier alpha value is -1.59. The van der Waals surface area contributed by atoms with Gasteiger partial charge in [-0.3, -0.25) is 4.90 Å². The van der Waals surface area contributed by atoms with E-state index in [2.05, 4.69) is 14.8 Å². The first-order valence-electron chi connectivity index (χ1n) is 7.46. The Kier molecular flexibility index (Phi) is 5.08. The molecule has 2 heterocycles. The van der Waals surface area contributed by atoms with Crippen molar-refractivity contribution in [2.75, 3.05) is 44.2 Å². The molecule has 21 heavy (non-hydrogen) atoms. The number of hydrogen-bond acceptors (Lipinski definition) is 5. The largest absolute Gasteiger partial charge is 0.494 e. The van der Waals surface area contributed by atoms with Gasteiger partial charge in [-0.2, -0.15) is 0 Å². The van der Waals surface area contributed by atoms with Crippen LogP contribution in [0.1, 0.15) is 6.42 Å². The van der Waals surface area contributed by atoms with E-state index in [1.807, 2.05) is 41.9 Å². The van der Waals surface area contributed by atoms with Crippen LogP contribution < -0.4 is 9.64 Å². The lowest BCUT2D eigenvalue weighted by Gasteiger charge is -2.34. The van der Waals surface area contributed by atoms with Gasteiger partial charge in [-0.1, -0.05) is 18.2 Å². The van der Waals surface area contributed by atoms with Gasteiger partial charge in [0.2, 0.25) is 0 Å². The Morgan fingerprint density at radius 1 is 1.10 bits per heavy atom. The van der Waals surface area contributed by atoms with Crippen LogP contribution in [0.4, 0.5) is 5.13 Å². The maximum absolute atomic E-state index is 5.73. The zero-order valence-electron chi connectivity index (χ0n) is 12.1. The molecule has 1 aromatic heterocycles. The second kappa shape index (κ2) is 7.43. The van der Waals surface area contributed by atoms with Crippen LogP contribution in [0.3, 0.4) is 0 Å². The number of piperazine rings is 1. The molecule has 0 amide bonds. The molecule has 0 spiro atoms. The minimum absolute atomic E-state index is 0.788. The summed E-state index contributed by atoms with van der Waals surface area (Å²) in [6.07, 6.45) is 2.96. The van der Waals surface area contributed by atoms with Crippen LogP contribution in [0.15, 0.2) is 41.9 Å². The summed E-state index contributed by atoms with van der Waals surface area (Å²) < 4.78 is 5.73. The highest BCUT2D eigenvalue weighted by Gasteiger charge is 2.17. The van der Waals surface area contributed by atoms with E-state index >= 15 is 0 Å². The Morgan fingerprint density at radius 2 is 1.90 bits per heavy atom. The fourth-order valence-corrected chi connectivity index (χ4v) is 3.23. The van der Waals surface area contributed by atoms with Crippen molar-refractivity contribution in [1.82, 2.24) is 9.88 Å². The zero-order valence-corrected chi connectivity index (χ0v) is 13.0. The lowest BCUT2D eigenvalue weighted by atomic mass is 10.3. The molecule has 112 valence electrons. The number of aromatic nitrogens is 1. The molecule has 4 nitrogen and oxygen atoms in total. The minimum Gasteiger partial charge on any atom is -0.494 e. The Morgan fingerprint density at radius 3 is 2.62 bits per heavy atom. The number of rotatable bonds is 6. The highest BCUT2D eigenvalue weighted by Crippen LogP contribution is 2.18. The molecule has 1 aliphatic heterocycles. The second-order valence-electron chi connectivity index (χ2n) is 5.16. The molecule has 0 atom stereocenters. The first kappa shape index (κ1) is 14.4. The lowest BCUT2D eigenvalue weighted by molar-refractivity contribution is 0.224. The number of anilines is 1. The van der Waals surface area contributed by atoms with Crippen LogP contribution in [-0.4, -0.2) is 49.2 Å². The van der Waals surface area contributed by atoms with Crippen LogP contribution >= 0.6 is 11.3 Å². The van der Waals surface area contributed by atoms with Gasteiger partial charge in [-0.05, 0) is 18.6 Å². The number of para-hydroxylation sites is 1. The van der Waals surface area contributed by atoms with Gasteiger partial charge < -0.3 is 9.64 Å². The molecule has 0 aliphatic carbocycles. The zero-order chi connectivity index (χ0) is 14.3. The summed E-state index contributed by atoms with van der Waals surface area (Å²) in [6.45, 7) is 6.28. The van der Waals surface area contributed by atoms with Crippen molar-refractivity contribution in [2.45, 2.75) is 6.42 Å². The highest BCUT2D eigenvalue weighted by atomic mass is 32.1. The van der Waals surface area contributed by atoms with Gasteiger partial charge in [-0.15, -0.1) is 11.3 Å². The number of ether oxygens (including phenoxy) is 1. The molecular weight excluding hydrogens is 282 g/mol. The average molecular weight is 303 g/mol. The summed E-state index contributed by atoms with van der Waals surface area (Å²) in [4.78, 5) is 9.27. The number of hydrogen-bond donors (Lipinski definition) is 0. The van der Waals surface area contributed by atoms with Gasteiger partial charge in [0, 0.05) is 44.3 Å². The van der Waals surface area contributed by atoms with E-state index in [9.17, 15) is 0 Å². The molecule has 5 heteroatoms. The molecule has 1 fully saturated rings. The SMILES string of the molecule is c1ccc(OCCCN2CCN(c3nccs3)CC2)cc1. The van der Waals surface area contributed by atoms with E-state index in [0.717, 1.165) is 56.6 Å². The predicted molar refractivity (Wildman–Crippen MR) is 87.3 cm³/mol. The molecule has 0 unspecified atom stereocenters. The normalized spacial score (nSPS) is 16.1. The van der Waals surface area contributed by atoms with Crippen LogP contribution in [0, 0.1) is 0 Å². The molecule has 1 aromatic carbocycles. The molecule has 0 N–H and O–H groups in total. The van der Waals surface area contributed by atoms with Crippen molar-refractivity contribution in [3.63, 3.8) is 0 Å². The monoisotopic (exact) mass is 303 g/mol. The fourth-order valence-electron chi connectivity index (χ4n) is 2.53. The smallest absolute Gasteiger partial charge is 0.185 e. The molecular formula is C16H21N3OS. The molecule has 3 rings (SSSR count).